The maximum absolute atomic E-state index is 6.10. The van der Waals surface area contributed by atoms with Crippen molar-refractivity contribution in [2.75, 3.05) is 53.2 Å². The Balaban J connectivity index is 0.00000259. The van der Waals surface area contributed by atoms with Gasteiger partial charge in [-0.2, -0.15) is 0 Å². The topological polar surface area (TPSA) is 67.8 Å². The number of hydrogen-bond donors (Lipinski definition) is 1. The van der Waals surface area contributed by atoms with Crippen LogP contribution in [0.1, 0.15) is 5.56 Å². The number of ether oxygens (including phenoxy) is 4. The molecule has 0 aromatic heterocycles. The van der Waals surface area contributed by atoms with Crippen molar-refractivity contribution < 1.29 is 18.9 Å². The first kappa shape index (κ1) is 23.9. The molecule has 2 aromatic rings. The zero-order valence-electron chi connectivity index (χ0n) is 18.8. The average molecular weight is 566 g/mol. The lowest BCUT2D eigenvalue weighted by Crippen LogP contribution is -2.50. The van der Waals surface area contributed by atoms with E-state index in [2.05, 4.69) is 50.4 Å². The molecule has 3 aliphatic heterocycles. The van der Waals surface area contributed by atoms with Crippen LogP contribution < -0.4 is 19.5 Å². The first-order valence-electron chi connectivity index (χ1n) is 11.2. The fourth-order valence-electron chi connectivity index (χ4n) is 4.58. The van der Waals surface area contributed by atoms with Crippen LogP contribution in [0.25, 0.3) is 0 Å². The summed E-state index contributed by atoms with van der Waals surface area (Å²) in [6.07, 6.45) is 0.205. The van der Waals surface area contributed by atoms with E-state index in [-0.39, 0.29) is 36.9 Å². The van der Waals surface area contributed by atoms with E-state index >= 15 is 0 Å². The highest BCUT2D eigenvalue weighted by Crippen LogP contribution is 2.35. The van der Waals surface area contributed by atoms with Gasteiger partial charge in [0.05, 0.1) is 25.3 Å². The Kier molecular flexibility index (Phi) is 8.15. The van der Waals surface area contributed by atoms with E-state index in [4.69, 9.17) is 18.9 Å². The number of likely N-dealkylation sites (tertiary alicyclic amines) is 1. The summed E-state index contributed by atoms with van der Waals surface area (Å²) in [5.41, 5.74) is 1.34. The van der Waals surface area contributed by atoms with Crippen molar-refractivity contribution in [1.82, 2.24) is 15.1 Å². The maximum atomic E-state index is 6.10. The van der Waals surface area contributed by atoms with Gasteiger partial charge in [0.1, 0.15) is 12.4 Å². The Labute approximate surface area is 211 Å². The Morgan fingerprint density at radius 1 is 1.12 bits per heavy atom. The number of rotatable bonds is 6. The predicted molar refractivity (Wildman–Crippen MR) is 137 cm³/mol. The molecule has 2 fully saturated rings. The molecule has 0 saturated carbocycles. The van der Waals surface area contributed by atoms with Crippen molar-refractivity contribution in [1.29, 1.82) is 0 Å². The molecular formula is C24H31IN4O4. The largest absolute Gasteiger partial charge is 0.492 e. The molecular weight excluding hydrogens is 535 g/mol. The van der Waals surface area contributed by atoms with Crippen molar-refractivity contribution in [3.05, 3.63) is 54.1 Å². The predicted octanol–water partition coefficient (Wildman–Crippen LogP) is 2.57. The summed E-state index contributed by atoms with van der Waals surface area (Å²) in [7, 11) is 1.82. The van der Waals surface area contributed by atoms with Gasteiger partial charge in [0.15, 0.2) is 17.5 Å². The van der Waals surface area contributed by atoms with Crippen LogP contribution in [0.2, 0.25) is 0 Å². The van der Waals surface area contributed by atoms with Crippen LogP contribution in [0.5, 0.6) is 17.2 Å². The maximum Gasteiger partial charge on any atom is 0.231 e. The molecule has 1 N–H and O–H groups in total. The lowest BCUT2D eigenvalue weighted by atomic mass is 10.1. The number of nitrogens with zero attached hydrogens (tertiary/aromatic N) is 3. The monoisotopic (exact) mass is 566 g/mol. The highest BCUT2D eigenvalue weighted by Gasteiger charge is 2.41. The second kappa shape index (κ2) is 11.3. The molecule has 9 heteroatoms. The number of halogens is 1. The second-order valence-electron chi connectivity index (χ2n) is 8.18. The number of morpholine rings is 1. The summed E-state index contributed by atoms with van der Waals surface area (Å²) in [5, 5.41) is 3.43. The first-order chi connectivity index (χ1) is 15.8. The third-order valence-electron chi connectivity index (χ3n) is 6.15. The molecule has 2 unspecified atom stereocenters. The summed E-state index contributed by atoms with van der Waals surface area (Å²) in [4.78, 5) is 9.33. The number of nitrogens with one attached hydrogen (secondary N) is 1. The van der Waals surface area contributed by atoms with Gasteiger partial charge in [0.25, 0.3) is 0 Å². The minimum absolute atomic E-state index is 0. The average Bonchev–Trinajstić information content (AvgIpc) is 3.47. The molecule has 3 aliphatic rings. The fraction of sp³-hybridized carbons (Fsp3) is 0.458. The van der Waals surface area contributed by atoms with Gasteiger partial charge < -0.3 is 29.2 Å². The van der Waals surface area contributed by atoms with E-state index < -0.39 is 0 Å². The molecule has 2 aromatic carbocycles. The van der Waals surface area contributed by atoms with Gasteiger partial charge >= 0.3 is 0 Å². The highest BCUT2D eigenvalue weighted by atomic mass is 127. The Bertz CT molecular complexity index is 945. The van der Waals surface area contributed by atoms with Crippen molar-refractivity contribution >= 4 is 29.9 Å². The summed E-state index contributed by atoms with van der Waals surface area (Å²) < 4.78 is 22.7. The Morgan fingerprint density at radius 2 is 1.97 bits per heavy atom. The van der Waals surface area contributed by atoms with Gasteiger partial charge in [0, 0.05) is 39.3 Å². The van der Waals surface area contributed by atoms with Gasteiger partial charge in [-0.1, -0.05) is 30.3 Å². The van der Waals surface area contributed by atoms with Crippen molar-refractivity contribution in [2.24, 2.45) is 4.99 Å². The molecule has 3 heterocycles. The summed E-state index contributed by atoms with van der Waals surface area (Å²) >= 11 is 0. The van der Waals surface area contributed by atoms with Crippen molar-refractivity contribution in [3.8, 4) is 17.2 Å². The molecule has 0 spiro atoms. The van der Waals surface area contributed by atoms with Crippen molar-refractivity contribution in [2.45, 2.75) is 18.7 Å². The van der Waals surface area contributed by atoms with Gasteiger partial charge in [-0.15, -0.1) is 24.0 Å². The quantitative estimate of drug-likeness (QED) is 0.250. The lowest BCUT2D eigenvalue weighted by Gasteiger charge is -2.36. The summed E-state index contributed by atoms with van der Waals surface area (Å²) in [5.74, 6) is 3.14. The normalized spacial score (nSPS) is 22.0. The van der Waals surface area contributed by atoms with E-state index in [1.54, 1.807) is 0 Å². The summed E-state index contributed by atoms with van der Waals surface area (Å²) in [6, 6.07) is 16.7. The Hall–Kier alpha value is -2.24. The molecule has 2 atom stereocenters. The second-order valence-corrected chi connectivity index (χ2v) is 8.18. The molecule has 178 valence electrons. The molecule has 2 saturated heterocycles. The zero-order chi connectivity index (χ0) is 21.8. The third kappa shape index (κ3) is 5.64. The molecule has 0 radical (unpaired) electrons. The number of hydrogen-bond acceptors (Lipinski definition) is 6. The number of aliphatic imine (C=N–C) groups is 1. The molecule has 5 rings (SSSR count). The van der Waals surface area contributed by atoms with E-state index in [9.17, 15) is 0 Å². The number of benzene rings is 2. The van der Waals surface area contributed by atoms with Crippen molar-refractivity contribution in [3.63, 3.8) is 0 Å². The van der Waals surface area contributed by atoms with Crippen LogP contribution in [0.4, 0.5) is 0 Å². The standard InChI is InChI=1S/C24H30N4O4.HI/c1-25-24(26-9-11-29-19-7-8-21-22(13-19)32-17-31-21)28-15-20-23(16-28)30-12-10-27(20)14-18-5-3-2-4-6-18;/h2-8,13,20,23H,9-12,14-17H2,1H3,(H,25,26);1H. The SMILES string of the molecule is CN=C(NCCOc1ccc2c(c1)OCO2)N1CC2OCCN(Cc3ccccc3)C2C1.I. The minimum Gasteiger partial charge on any atom is -0.492 e. The Morgan fingerprint density at radius 3 is 2.82 bits per heavy atom. The van der Waals surface area contributed by atoms with Gasteiger partial charge in [0.2, 0.25) is 6.79 Å². The van der Waals surface area contributed by atoms with Crippen LogP contribution >= 0.6 is 24.0 Å². The molecule has 8 nitrogen and oxygen atoms in total. The molecule has 33 heavy (non-hydrogen) atoms. The third-order valence-corrected chi connectivity index (χ3v) is 6.15. The number of guanidine groups is 1. The highest BCUT2D eigenvalue weighted by molar-refractivity contribution is 14.0. The van der Waals surface area contributed by atoms with Crippen LogP contribution in [0, 0.1) is 0 Å². The van der Waals surface area contributed by atoms with Crippen LogP contribution in [0.15, 0.2) is 53.5 Å². The smallest absolute Gasteiger partial charge is 0.231 e. The van der Waals surface area contributed by atoms with E-state index in [1.807, 2.05) is 25.2 Å². The lowest BCUT2D eigenvalue weighted by molar-refractivity contribution is -0.0502. The van der Waals surface area contributed by atoms with Gasteiger partial charge in [-0.05, 0) is 17.7 Å². The fourth-order valence-corrected chi connectivity index (χ4v) is 4.58. The molecule has 0 bridgehead atoms. The number of fused-ring (bicyclic) bond motifs is 2. The van der Waals surface area contributed by atoms with Gasteiger partial charge in [-0.3, -0.25) is 9.89 Å². The summed E-state index contributed by atoms with van der Waals surface area (Å²) in [6.45, 7) is 5.88. The molecule has 0 amide bonds. The van der Waals surface area contributed by atoms with E-state index in [0.29, 0.717) is 19.2 Å². The van der Waals surface area contributed by atoms with E-state index in [0.717, 1.165) is 56.0 Å². The van der Waals surface area contributed by atoms with Crippen LogP contribution in [-0.2, 0) is 11.3 Å². The van der Waals surface area contributed by atoms with Crippen LogP contribution in [-0.4, -0.2) is 81.1 Å². The van der Waals surface area contributed by atoms with E-state index in [1.165, 1.54) is 5.56 Å². The minimum atomic E-state index is 0. The molecule has 0 aliphatic carbocycles. The first-order valence-corrected chi connectivity index (χ1v) is 11.2. The van der Waals surface area contributed by atoms with Crippen LogP contribution in [0.3, 0.4) is 0 Å². The zero-order valence-corrected chi connectivity index (χ0v) is 21.1. The van der Waals surface area contributed by atoms with Gasteiger partial charge in [-0.25, -0.2) is 0 Å².